The number of carbonyl (C=O) groups excluding carboxylic acids is 1. The smallest absolute Gasteiger partial charge is 0.326 e. The summed E-state index contributed by atoms with van der Waals surface area (Å²) >= 11 is 0. The van der Waals surface area contributed by atoms with Gasteiger partial charge in [0.2, 0.25) is 0 Å². The van der Waals surface area contributed by atoms with E-state index in [0.29, 0.717) is 12.5 Å². The van der Waals surface area contributed by atoms with Crippen molar-refractivity contribution in [3.8, 4) is 0 Å². The summed E-state index contributed by atoms with van der Waals surface area (Å²) in [7, 11) is 3.99. The van der Waals surface area contributed by atoms with Gasteiger partial charge >= 0.3 is 5.97 Å². The molecule has 0 aliphatic heterocycles. The molecular weight excluding hydrogens is 268 g/mol. The molecule has 2 unspecified atom stereocenters. The van der Waals surface area contributed by atoms with E-state index < -0.39 is 5.54 Å². The van der Waals surface area contributed by atoms with E-state index in [0.717, 1.165) is 52.0 Å². The van der Waals surface area contributed by atoms with Gasteiger partial charge in [0.25, 0.3) is 0 Å². The fourth-order valence-corrected chi connectivity index (χ4v) is 3.28. The van der Waals surface area contributed by atoms with E-state index in [1.807, 2.05) is 20.9 Å². The van der Waals surface area contributed by atoms with Crippen LogP contribution >= 0.6 is 0 Å². The van der Waals surface area contributed by atoms with Crippen LogP contribution in [0, 0.1) is 5.92 Å². The maximum atomic E-state index is 12.3. The van der Waals surface area contributed by atoms with Gasteiger partial charge < -0.3 is 19.7 Å². The lowest BCUT2D eigenvalue weighted by Gasteiger charge is -2.33. The van der Waals surface area contributed by atoms with Crippen LogP contribution < -0.4 is 5.32 Å². The lowest BCUT2D eigenvalue weighted by molar-refractivity contribution is -0.153. The van der Waals surface area contributed by atoms with Gasteiger partial charge in [-0.1, -0.05) is 6.42 Å². The molecule has 1 aliphatic rings. The number of nitrogens with zero attached hydrogens (tertiary/aromatic N) is 1. The van der Waals surface area contributed by atoms with Crippen LogP contribution in [0.4, 0.5) is 0 Å². The van der Waals surface area contributed by atoms with Crippen LogP contribution in [0.2, 0.25) is 0 Å². The van der Waals surface area contributed by atoms with Gasteiger partial charge in [-0.25, -0.2) is 0 Å². The molecule has 21 heavy (non-hydrogen) atoms. The molecule has 1 aliphatic carbocycles. The van der Waals surface area contributed by atoms with Crippen molar-refractivity contribution in [2.24, 2.45) is 5.92 Å². The minimum Gasteiger partial charge on any atom is -0.465 e. The minimum absolute atomic E-state index is 0.0769. The summed E-state index contributed by atoms with van der Waals surface area (Å²) in [5.74, 6) is 0.281. The van der Waals surface area contributed by atoms with E-state index in [4.69, 9.17) is 9.47 Å². The molecule has 0 aromatic heterocycles. The third-order valence-electron chi connectivity index (χ3n) is 4.59. The van der Waals surface area contributed by atoms with Gasteiger partial charge in [0.15, 0.2) is 0 Å². The molecule has 0 radical (unpaired) electrons. The molecule has 5 heteroatoms. The van der Waals surface area contributed by atoms with E-state index in [1.165, 1.54) is 0 Å². The second kappa shape index (κ2) is 9.38. The summed E-state index contributed by atoms with van der Waals surface area (Å²) in [5.41, 5.74) is -0.475. The number of hydrogen-bond donors (Lipinski definition) is 1. The zero-order chi connectivity index (χ0) is 15.7. The lowest BCUT2D eigenvalue weighted by atomic mass is 9.84. The summed E-state index contributed by atoms with van der Waals surface area (Å²) in [6.07, 6.45) is 4.09. The Hall–Kier alpha value is -0.650. The van der Waals surface area contributed by atoms with Crippen LogP contribution in [0.15, 0.2) is 0 Å². The Balaban J connectivity index is 2.50. The Kier molecular flexibility index (Phi) is 8.22. The van der Waals surface area contributed by atoms with Crippen molar-refractivity contribution in [3.63, 3.8) is 0 Å². The first-order chi connectivity index (χ1) is 10.1. The summed E-state index contributed by atoms with van der Waals surface area (Å²) < 4.78 is 10.7. The molecule has 1 saturated carbocycles. The first-order valence-electron chi connectivity index (χ1n) is 8.23. The molecule has 2 atom stereocenters. The third kappa shape index (κ3) is 4.94. The highest BCUT2D eigenvalue weighted by molar-refractivity contribution is 5.81. The highest BCUT2D eigenvalue weighted by Crippen LogP contribution is 2.38. The first kappa shape index (κ1) is 18.4. The van der Waals surface area contributed by atoms with Crippen molar-refractivity contribution >= 4 is 5.97 Å². The average molecular weight is 300 g/mol. The van der Waals surface area contributed by atoms with Gasteiger partial charge in [0.1, 0.15) is 5.54 Å². The number of nitrogens with one attached hydrogen (secondary N) is 1. The Morgan fingerprint density at radius 2 is 2.10 bits per heavy atom. The van der Waals surface area contributed by atoms with Crippen molar-refractivity contribution in [1.82, 2.24) is 10.2 Å². The molecule has 0 aromatic carbocycles. The van der Waals surface area contributed by atoms with Crippen molar-refractivity contribution in [3.05, 3.63) is 0 Å². The second-order valence-electron chi connectivity index (χ2n) is 5.82. The minimum atomic E-state index is -0.475. The Bertz CT molecular complexity index is 312. The molecule has 124 valence electrons. The van der Waals surface area contributed by atoms with Gasteiger partial charge in [0.05, 0.1) is 13.2 Å². The predicted octanol–water partition coefficient (Wildman–Crippen LogP) is 1.67. The normalized spacial score (nSPS) is 25.5. The quantitative estimate of drug-likeness (QED) is 0.491. The van der Waals surface area contributed by atoms with Gasteiger partial charge in [-0.15, -0.1) is 0 Å². The van der Waals surface area contributed by atoms with Crippen molar-refractivity contribution < 1.29 is 14.3 Å². The Labute approximate surface area is 129 Å². The molecule has 0 amide bonds. The number of carbonyl (C=O) groups is 1. The molecule has 0 bridgehead atoms. The fraction of sp³-hybridized carbons (Fsp3) is 0.938. The van der Waals surface area contributed by atoms with Gasteiger partial charge in [-0.05, 0) is 59.7 Å². The van der Waals surface area contributed by atoms with Crippen LogP contribution in [0.3, 0.4) is 0 Å². The van der Waals surface area contributed by atoms with Crippen LogP contribution in [-0.2, 0) is 14.3 Å². The van der Waals surface area contributed by atoms with Crippen LogP contribution in [0.5, 0.6) is 0 Å². The summed E-state index contributed by atoms with van der Waals surface area (Å²) in [6.45, 7) is 7.79. The molecule has 0 heterocycles. The van der Waals surface area contributed by atoms with Gasteiger partial charge in [-0.3, -0.25) is 4.79 Å². The van der Waals surface area contributed by atoms with Crippen LogP contribution in [0.25, 0.3) is 0 Å². The van der Waals surface area contributed by atoms with Gasteiger partial charge in [0, 0.05) is 13.2 Å². The molecule has 0 aromatic rings. The monoisotopic (exact) mass is 300 g/mol. The Morgan fingerprint density at radius 3 is 2.71 bits per heavy atom. The SMILES string of the molecule is CCOCCN(C)CCC1CCCC1(NC)C(=O)OCC. The summed E-state index contributed by atoms with van der Waals surface area (Å²) in [6, 6.07) is 0. The topological polar surface area (TPSA) is 50.8 Å². The number of likely N-dealkylation sites (N-methyl/N-ethyl adjacent to an activating group) is 2. The van der Waals surface area contributed by atoms with Crippen molar-refractivity contribution in [1.29, 1.82) is 0 Å². The Morgan fingerprint density at radius 1 is 1.33 bits per heavy atom. The zero-order valence-corrected chi connectivity index (χ0v) is 14.1. The zero-order valence-electron chi connectivity index (χ0n) is 14.1. The van der Waals surface area contributed by atoms with E-state index in [2.05, 4.69) is 17.3 Å². The molecule has 1 N–H and O–H groups in total. The first-order valence-corrected chi connectivity index (χ1v) is 8.23. The lowest BCUT2D eigenvalue weighted by Crippen LogP contribution is -2.54. The molecule has 0 saturated heterocycles. The van der Waals surface area contributed by atoms with Crippen LogP contribution in [0.1, 0.15) is 39.5 Å². The van der Waals surface area contributed by atoms with Crippen LogP contribution in [-0.4, -0.2) is 63.4 Å². The number of hydrogen-bond acceptors (Lipinski definition) is 5. The van der Waals surface area contributed by atoms with Crippen molar-refractivity contribution in [2.75, 3.05) is 47.0 Å². The van der Waals surface area contributed by atoms with E-state index in [1.54, 1.807) is 0 Å². The standard InChI is InChI=1S/C16H32N2O3/c1-5-20-13-12-18(4)11-9-14-8-7-10-16(14,17-3)15(19)21-6-2/h14,17H,5-13H2,1-4H3. The van der Waals surface area contributed by atoms with E-state index >= 15 is 0 Å². The van der Waals surface area contributed by atoms with Crippen molar-refractivity contribution in [2.45, 2.75) is 45.1 Å². The summed E-state index contributed by atoms with van der Waals surface area (Å²) in [4.78, 5) is 14.6. The van der Waals surface area contributed by atoms with E-state index in [-0.39, 0.29) is 5.97 Å². The predicted molar refractivity (Wildman–Crippen MR) is 84.4 cm³/mol. The maximum absolute atomic E-state index is 12.3. The largest absolute Gasteiger partial charge is 0.465 e. The molecular formula is C16H32N2O3. The third-order valence-corrected chi connectivity index (χ3v) is 4.59. The number of ether oxygens (including phenoxy) is 2. The number of esters is 1. The van der Waals surface area contributed by atoms with E-state index in [9.17, 15) is 4.79 Å². The molecule has 1 fully saturated rings. The maximum Gasteiger partial charge on any atom is 0.326 e. The summed E-state index contributed by atoms with van der Waals surface area (Å²) in [5, 5.41) is 3.27. The van der Waals surface area contributed by atoms with Gasteiger partial charge in [-0.2, -0.15) is 0 Å². The second-order valence-corrected chi connectivity index (χ2v) is 5.82. The molecule has 0 spiro atoms. The highest BCUT2D eigenvalue weighted by Gasteiger charge is 2.48. The molecule has 5 nitrogen and oxygen atoms in total. The average Bonchev–Trinajstić information content (AvgIpc) is 2.90. The highest BCUT2D eigenvalue weighted by atomic mass is 16.5. The molecule has 1 rings (SSSR count). The fourth-order valence-electron chi connectivity index (χ4n) is 3.28. The number of rotatable bonds is 10.